The van der Waals surface area contributed by atoms with E-state index in [1.54, 1.807) is 0 Å². The zero-order valence-electron chi connectivity index (χ0n) is 6.32. The molecule has 0 saturated carbocycles. The van der Waals surface area contributed by atoms with Crippen molar-refractivity contribution in [1.29, 1.82) is 0 Å². The summed E-state index contributed by atoms with van der Waals surface area (Å²) in [4.78, 5) is -0.358. The third kappa shape index (κ3) is 1.94. The lowest BCUT2D eigenvalue weighted by Gasteiger charge is -1.98. The number of halogens is 1. The number of hydrogen-bond acceptors (Lipinski definition) is 3. The summed E-state index contributed by atoms with van der Waals surface area (Å²) in [7, 11) is -3.14. The van der Waals surface area contributed by atoms with E-state index < -0.39 is 10.2 Å². The van der Waals surface area contributed by atoms with Gasteiger partial charge in [0.1, 0.15) is 5.75 Å². The Hall–Kier alpha value is -1.10. The highest BCUT2D eigenvalue weighted by molar-refractivity contribution is 7.86. The molecule has 0 unspecified atom stereocenters. The third-order valence-corrected chi connectivity index (χ3v) is 2.18. The molecule has 3 nitrogen and oxygen atoms in total. The van der Waals surface area contributed by atoms with Crippen molar-refractivity contribution in [3.8, 4) is 5.75 Å². The quantitative estimate of drug-likeness (QED) is 0.661. The molecule has 0 bridgehead atoms. The SMILES string of the molecule is COc1ccc(S(=O)(=O)F)cc1. The van der Waals surface area contributed by atoms with Gasteiger partial charge in [-0.15, -0.1) is 3.89 Å². The molecule has 0 atom stereocenters. The molecule has 0 aliphatic heterocycles. The first kappa shape index (κ1) is 8.99. The first-order valence-electron chi connectivity index (χ1n) is 3.13. The molecule has 1 rings (SSSR count). The van der Waals surface area contributed by atoms with Gasteiger partial charge in [-0.2, -0.15) is 8.42 Å². The van der Waals surface area contributed by atoms with Crippen LogP contribution in [0.2, 0.25) is 0 Å². The normalized spacial score (nSPS) is 11.2. The molecule has 0 aliphatic rings. The van der Waals surface area contributed by atoms with Crippen molar-refractivity contribution in [3.63, 3.8) is 0 Å². The largest absolute Gasteiger partial charge is 0.497 e. The predicted molar refractivity (Wildman–Crippen MR) is 41.3 cm³/mol. The molecule has 1 aromatic carbocycles. The Labute approximate surface area is 70.0 Å². The minimum atomic E-state index is -4.58. The van der Waals surface area contributed by atoms with Crippen LogP contribution in [-0.2, 0) is 10.2 Å². The third-order valence-electron chi connectivity index (χ3n) is 1.34. The van der Waals surface area contributed by atoms with Crippen LogP contribution in [0.15, 0.2) is 29.2 Å². The van der Waals surface area contributed by atoms with Gasteiger partial charge < -0.3 is 4.74 Å². The van der Waals surface area contributed by atoms with Crippen LogP contribution in [0.3, 0.4) is 0 Å². The molecule has 0 spiro atoms. The Balaban J connectivity index is 3.09. The highest BCUT2D eigenvalue weighted by Crippen LogP contribution is 2.16. The summed E-state index contributed by atoms with van der Waals surface area (Å²) in [5.74, 6) is 0.488. The maximum Gasteiger partial charge on any atom is 0.332 e. The smallest absolute Gasteiger partial charge is 0.332 e. The summed E-state index contributed by atoms with van der Waals surface area (Å²) in [5, 5.41) is 0. The molecule has 0 fully saturated rings. The Kier molecular flexibility index (Phi) is 2.32. The first-order valence-corrected chi connectivity index (χ1v) is 4.51. The van der Waals surface area contributed by atoms with E-state index in [2.05, 4.69) is 0 Å². The van der Waals surface area contributed by atoms with Crippen molar-refractivity contribution in [2.45, 2.75) is 4.90 Å². The van der Waals surface area contributed by atoms with E-state index in [1.165, 1.54) is 19.2 Å². The van der Waals surface area contributed by atoms with Gasteiger partial charge in [-0.05, 0) is 24.3 Å². The minimum absolute atomic E-state index is 0.358. The minimum Gasteiger partial charge on any atom is -0.497 e. The van der Waals surface area contributed by atoms with E-state index in [4.69, 9.17) is 4.74 Å². The summed E-state index contributed by atoms with van der Waals surface area (Å²) < 4.78 is 37.7. The molecule has 0 saturated heterocycles. The lowest BCUT2D eigenvalue weighted by atomic mass is 10.3. The summed E-state index contributed by atoms with van der Waals surface area (Å²) >= 11 is 0. The average Bonchev–Trinajstić information content (AvgIpc) is 2.03. The van der Waals surface area contributed by atoms with E-state index in [0.29, 0.717) is 5.75 Å². The van der Waals surface area contributed by atoms with E-state index in [0.717, 1.165) is 12.1 Å². The summed E-state index contributed by atoms with van der Waals surface area (Å²) in [6.45, 7) is 0. The van der Waals surface area contributed by atoms with E-state index in [-0.39, 0.29) is 4.90 Å². The van der Waals surface area contributed by atoms with Crippen LogP contribution in [0, 0.1) is 0 Å². The average molecular weight is 190 g/mol. The fraction of sp³-hybridized carbons (Fsp3) is 0.143. The van der Waals surface area contributed by atoms with E-state index in [9.17, 15) is 12.3 Å². The van der Waals surface area contributed by atoms with Gasteiger partial charge in [0.25, 0.3) is 0 Å². The maximum absolute atomic E-state index is 12.3. The number of hydrogen-bond donors (Lipinski definition) is 0. The molecule has 0 aromatic heterocycles. The number of rotatable bonds is 2. The molecule has 66 valence electrons. The number of benzene rings is 1. The fourth-order valence-corrected chi connectivity index (χ4v) is 1.20. The summed E-state index contributed by atoms with van der Waals surface area (Å²) in [6.07, 6.45) is 0. The van der Waals surface area contributed by atoms with Crippen LogP contribution in [0.25, 0.3) is 0 Å². The standard InChI is InChI=1S/C7H7FO3S/c1-11-6-2-4-7(5-3-6)12(8,9)10/h2-5H,1H3. The zero-order chi connectivity index (χ0) is 9.19. The predicted octanol–water partition coefficient (Wildman–Crippen LogP) is 1.35. The van der Waals surface area contributed by atoms with Gasteiger partial charge in [0.15, 0.2) is 0 Å². The molecular formula is C7H7FO3S. The van der Waals surface area contributed by atoms with Gasteiger partial charge in [-0.3, -0.25) is 0 Å². The highest BCUT2D eigenvalue weighted by atomic mass is 32.3. The lowest BCUT2D eigenvalue weighted by Crippen LogP contribution is -1.91. The van der Waals surface area contributed by atoms with Crippen LogP contribution in [0.1, 0.15) is 0 Å². The van der Waals surface area contributed by atoms with Crippen LogP contribution < -0.4 is 4.74 Å². The van der Waals surface area contributed by atoms with Crippen LogP contribution >= 0.6 is 0 Å². The monoisotopic (exact) mass is 190 g/mol. The van der Waals surface area contributed by atoms with Crippen molar-refractivity contribution in [2.75, 3.05) is 7.11 Å². The lowest BCUT2D eigenvalue weighted by molar-refractivity contribution is 0.414. The molecular weight excluding hydrogens is 183 g/mol. The van der Waals surface area contributed by atoms with Gasteiger partial charge >= 0.3 is 10.2 Å². The van der Waals surface area contributed by atoms with Gasteiger partial charge in [0.05, 0.1) is 12.0 Å². The molecule has 12 heavy (non-hydrogen) atoms. The summed E-state index contributed by atoms with van der Waals surface area (Å²) in [5.41, 5.74) is 0. The molecule has 1 aromatic rings. The molecule has 0 aliphatic carbocycles. The van der Waals surface area contributed by atoms with E-state index >= 15 is 0 Å². The van der Waals surface area contributed by atoms with Gasteiger partial charge in [0, 0.05) is 0 Å². The Morgan fingerprint density at radius 1 is 1.25 bits per heavy atom. The second-order valence-corrected chi connectivity index (χ2v) is 3.46. The number of methoxy groups -OCH3 is 1. The van der Waals surface area contributed by atoms with Crippen LogP contribution in [0.5, 0.6) is 5.75 Å². The van der Waals surface area contributed by atoms with Gasteiger partial charge in [0.2, 0.25) is 0 Å². The van der Waals surface area contributed by atoms with Crippen LogP contribution in [-0.4, -0.2) is 15.5 Å². The number of ether oxygens (including phenoxy) is 1. The topological polar surface area (TPSA) is 43.4 Å². The Morgan fingerprint density at radius 2 is 1.75 bits per heavy atom. The second kappa shape index (κ2) is 3.10. The molecule has 0 heterocycles. The molecule has 0 N–H and O–H groups in total. The molecule has 5 heteroatoms. The highest BCUT2D eigenvalue weighted by Gasteiger charge is 2.10. The Morgan fingerprint density at radius 3 is 2.08 bits per heavy atom. The van der Waals surface area contributed by atoms with Crippen molar-refractivity contribution in [3.05, 3.63) is 24.3 Å². The maximum atomic E-state index is 12.3. The zero-order valence-corrected chi connectivity index (χ0v) is 7.14. The summed E-state index contributed by atoms with van der Waals surface area (Å²) in [6, 6.07) is 5.06. The molecule has 0 radical (unpaired) electrons. The first-order chi connectivity index (χ1) is 5.54. The van der Waals surface area contributed by atoms with Crippen molar-refractivity contribution >= 4 is 10.2 Å². The van der Waals surface area contributed by atoms with Crippen molar-refractivity contribution in [1.82, 2.24) is 0 Å². The second-order valence-electron chi connectivity index (χ2n) is 2.11. The fourth-order valence-electron chi connectivity index (χ4n) is 0.738. The van der Waals surface area contributed by atoms with E-state index in [1.807, 2.05) is 0 Å². The van der Waals surface area contributed by atoms with Gasteiger partial charge in [-0.25, -0.2) is 0 Å². The molecule has 0 amide bonds. The van der Waals surface area contributed by atoms with Crippen molar-refractivity contribution in [2.24, 2.45) is 0 Å². The van der Waals surface area contributed by atoms with Crippen molar-refractivity contribution < 1.29 is 17.0 Å². The van der Waals surface area contributed by atoms with Crippen LogP contribution in [0.4, 0.5) is 3.89 Å². The van der Waals surface area contributed by atoms with Gasteiger partial charge in [-0.1, -0.05) is 0 Å². The Bertz CT molecular complexity index is 355.